The Hall–Kier alpha value is -2.57. The van der Waals surface area contributed by atoms with E-state index in [9.17, 15) is 14.7 Å². The van der Waals surface area contributed by atoms with E-state index in [4.69, 9.17) is 16.3 Å². The Morgan fingerprint density at radius 3 is 2.36 bits per heavy atom. The molecule has 2 fully saturated rings. The zero-order valence-electron chi connectivity index (χ0n) is 21.6. The van der Waals surface area contributed by atoms with Crippen LogP contribution >= 0.6 is 11.6 Å². The number of carbonyl (C=O) groups is 2. The molecule has 2 saturated heterocycles. The van der Waals surface area contributed by atoms with Gasteiger partial charge < -0.3 is 19.6 Å². The number of aliphatic hydroxyl groups is 1. The summed E-state index contributed by atoms with van der Waals surface area (Å²) in [7, 11) is 0. The van der Waals surface area contributed by atoms with E-state index in [1.54, 1.807) is 0 Å². The van der Waals surface area contributed by atoms with E-state index in [0.29, 0.717) is 57.6 Å². The van der Waals surface area contributed by atoms with Crippen LogP contribution in [0, 0.1) is 26.2 Å². The van der Waals surface area contributed by atoms with Crippen molar-refractivity contribution in [3.8, 4) is 5.75 Å². The third-order valence-electron chi connectivity index (χ3n) is 7.62. The number of nitrogens with zero attached hydrogens (tertiary/aromatic N) is 2. The molecule has 0 radical (unpaired) electrons. The van der Waals surface area contributed by atoms with Crippen molar-refractivity contribution < 1.29 is 19.4 Å². The van der Waals surface area contributed by atoms with Gasteiger partial charge in [0.1, 0.15) is 5.75 Å². The summed E-state index contributed by atoms with van der Waals surface area (Å²) in [6, 6.07) is 11.5. The first kappa shape index (κ1) is 26.5. The van der Waals surface area contributed by atoms with Gasteiger partial charge in [0.05, 0.1) is 12.7 Å². The number of rotatable bonds is 6. The molecule has 2 aliphatic heterocycles. The van der Waals surface area contributed by atoms with Gasteiger partial charge in [-0.3, -0.25) is 9.59 Å². The Balaban J connectivity index is 1.56. The van der Waals surface area contributed by atoms with E-state index in [2.05, 4.69) is 0 Å². The van der Waals surface area contributed by atoms with Crippen molar-refractivity contribution in [3.63, 3.8) is 0 Å². The number of ether oxygens (including phenoxy) is 1. The molecule has 36 heavy (non-hydrogen) atoms. The van der Waals surface area contributed by atoms with Gasteiger partial charge in [0, 0.05) is 48.6 Å². The molecule has 0 aromatic heterocycles. The predicted molar refractivity (Wildman–Crippen MR) is 142 cm³/mol. The minimum Gasteiger partial charge on any atom is -0.493 e. The molecule has 0 spiro atoms. The van der Waals surface area contributed by atoms with Crippen LogP contribution in [0.1, 0.15) is 59.2 Å². The highest BCUT2D eigenvalue weighted by Gasteiger charge is 2.41. The van der Waals surface area contributed by atoms with Gasteiger partial charge in [0.25, 0.3) is 5.91 Å². The Kier molecular flexibility index (Phi) is 8.26. The molecule has 0 bridgehead atoms. The van der Waals surface area contributed by atoms with E-state index in [-0.39, 0.29) is 17.9 Å². The lowest BCUT2D eigenvalue weighted by molar-refractivity contribution is -0.137. The number of piperidine rings is 2. The van der Waals surface area contributed by atoms with E-state index < -0.39 is 5.41 Å². The number of likely N-dealkylation sites (tertiary alicyclic amines) is 2. The van der Waals surface area contributed by atoms with Crippen LogP contribution in [-0.2, 0) is 4.79 Å². The third kappa shape index (κ3) is 6.04. The quantitative estimate of drug-likeness (QED) is 0.595. The van der Waals surface area contributed by atoms with Gasteiger partial charge in [-0.1, -0.05) is 29.8 Å². The van der Waals surface area contributed by atoms with Crippen LogP contribution in [-0.4, -0.2) is 65.6 Å². The Morgan fingerprint density at radius 2 is 1.69 bits per heavy atom. The van der Waals surface area contributed by atoms with Gasteiger partial charge in [-0.15, -0.1) is 0 Å². The molecule has 7 heteroatoms. The van der Waals surface area contributed by atoms with Crippen LogP contribution in [0.4, 0.5) is 0 Å². The van der Waals surface area contributed by atoms with Crippen LogP contribution in [0.3, 0.4) is 0 Å². The molecule has 6 nitrogen and oxygen atoms in total. The molecular weight excluding hydrogens is 476 g/mol. The number of amides is 2. The summed E-state index contributed by atoms with van der Waals surface area (Å²) in [5.74, 6) is 0.799. The lowest BCUT2D eigenvalue weighted by Gasteiger charge is -2.43. The molecule has 1 unspecified atom stereocenters. The highest BCUT2D eigenvalue weighted by Crippen LogP contribution is 2.37. The van der Waals surface area contributed by atoms with Gasteiger partial charge in [0.2, 0.25) is 5.91 Å². The summed E-state index contributed by atoms with van der Waals surface area (Å²) in [5, 5.41) is 10.6. The molecule has 2 heterocycles. The largest absolute Gasteiger partial charge is 0.493 e. The van der Waals surface area contributed by atoms with Crippen molar-refractivity contribution in [1.29, 1.82) is 0 Å². The average molecular weight is 513 g/mol. The lowest BCUT2D eigenvalue weighted by Crippen LogP contribution is -2.51. The number of hydrogen-bond acceptors (Lipinski definition) is 4. The molecule has 4 rings (SSSR count). The Morgan fingerprint density at radius 1 is 1.03 bits per heavy atom. The molecule has 0 aliphatic carbocycles. The Bertz CT molecular complexity index is 1090. The summed E-state index contributed by atoms with van der Waals surface area (Å²) in [5.41, 5.74) is 3.05. The van der Waals surface area contributed by atoms with E-state index in [0.717, 1.165) is 40.3 Å². The molecular formula is C29H37ClN2O4. The fraction of sp³-hybridized carbons (Fsp3) is 0.517. The highest BCUT2D eigenvalue weighted by molar-refractivity contribution is 6.32. The molecule has 2 aliphatic rings. The maximum atomic E-state index is 13.5. The third-order valence-corrected chi connectivity index (χ3v) is 8.22. The van der Waals surface area contributed by atoms with Crippen molar-refractivity contribution >= 4 is 23.4 Å². The van der Waals surface area contributed by atoms with Gasteiger partial charge in [-0.05, 0) is 81.3 Å². The fourth-order valence-corrected chi connectivity index (χ4v) is 5.56. The first-order valence-corrected chi connectivity index (χ1v) is 13.3. The zero-order valence-corrected chi connectivity index (χ0v) is 22.3. The second kappa shape index (κ2) is 11.2. The van der Waals surface area contributed by atoms with Crippen molar-refractivity contribution in [2.75, 3.05) is 32.8 Å². The zero-order chi connectivity index (χ0) is 25.9. The van der Waals surface area contributed by atoms with Gasteiger partial charge in [-0.25, -0.2) is 0 Å². The number of carbonyl (C=O) groups excluding carboxylic acids is 2. The van der Waals surface area contributed by atoms with Crippen molar-refractivity contribution in [3.05, 3.63) is 63.7 Å². The topological polar surface area (TPSA) is 70.1 Å². The number of aliphatic hydroxyl groups excluding tert-OH is 1. The molecule has 194 valence electrons. The summed E-state index contributed by atoms with van der Waals surface area (Å²) in [4.78, 5) is 30.6. The van der Waals surface area contributed by atoms with E-state index in [1.807, 2.05) is 67.0 Å². The molecule has 2 aromatic rings. The standard InChI is InChI=1S/C29H37ClN2O4/c1-20-7-4-5-8-25(20)28(35)32-12-6-11-29(18-32,17-26(34)31-13-9-23(33)10-14-31)19-36-24-15-21(2)27(30)22(3)16-24/h4-5,7-8,15-16,23,33H,6,9-14,17-19H2,1-3H3. The minimum absolute atomic E-state index is 0.00361. The molecule has 1 N–H and O–H groups in total. The predicted octanol–water partition coefficient (Wildman–Crippen LogP) is 4.94. The van der Waals surface area contributed by atoms with Crippen LogP contribution in [0.5, 0.6) is 5.75 Å². The summed E-state index contributed by atoms with van der Waals surface area (Å²) in [6.45, 7) is 8.47. The van der Waals surface area contributed by atoms with Crippen LogP contribution in [0.15, 0.2) is 36.4 Å². The number of aryl methyl sites for hydroxylation is 3. The smallest absolute Gasteiger partial charge is 0.254 e. The second-order valence-corrected chi connectivity index (χ2v) is 11.0. The minimum atomic E-state index is -0.495. The van der Waals surface area contributed by atoms with Gasteiger partial charge in [0.15, 0.2) is 0 Å². The first-order chi connectivity index (χ1) is 17.2. The fourth-order valence-electron chi connectivity index (χ4n) is 5.45. The highest BCUT2D eigenvalue weighted by atomic mass is 35.5. The van der Waals surface area contributed by atoms with Crippen molar-refractivity contribution in [1.82, 2.24) is 9.80 Å². The normalized spacial score (nSPS) is 20.9. The summed E-state index contributed by atoms with van der Waals surface area (Å²) >= 11 is 6.35. The van der Waals surface area contributed by atoms with Crippen molar-refractivity contribution in [2.24, 2.45) is 5.41 Å². The maximum Gasteiger partial charge on any atom is 0.254 e. The Labute approximate surface area is 219 Å². The van der Waals surface area contributed by atoms with Crippen LogP contribution in [0.25, 0.3) is 0 Å². The number of halogens is 1. The summed E-state index contributed by atoms with van der Waals surface area (Å²) < 4.78 is 6.32. The van der Waals surface area contributed by atoms with E-state index >= 15 is 0 Å². The van der Waals surface area contributed by atoms with Gasteiger partial charge in [-0.2, -0.15) is 0 Å². The summed E-state index contributed by atoms with van der Waals surface area (Å²) in [6.07, 6.45) is 2.81. The lowest BCUT2D eigenvalue weighted by atomic mass is 9.77. The SMILES string of the molecule is Cc1ccccc1C(=O)N1CCCC(COc2cc(C)c(Cl)c(C)c2)(CC(=O)N2CCC(O)CC2)C1. The molecule has 1 atom stereocenters. The van der Waals surface area contributed by atoms with Gasteiger partial charge >= 0.3 is 0 Å². The van der Waals surface area contributed by atoms with E-state index in [1.165, 1.54) is 0 Å². The average Bonchev–Trinajstić information content (AvgIpc) is 2.86. The molecule has 2 aromatic carbocycles. The second-order valence-electron chi connectivity index (χ2n) is 10.6. The van der Waals surface area contributed by atoms with Crippen LogP contribution in [0.2, 0.25) is 5.02 Å². The van der Waals surface area contributed by atoms with Crippen molar-refractivity contribution in [2.45, 2.75) is 59.0 Å². The number of hydrogen-bond donors (Lipinski definition) is 1. The molecule has 2 amide bonds. The number of benzene rings is 2. The van der Waals surface area contributed by atoms with Crippen LogP contribution < -0.4 is 4.74 Å². The first-order valence-electron chi connectivity index (χ1n) is 12.9. The monoisotopic (exact) mass is 512 g/mol. The molecule has 0 saturated carbocycles. The maximum absolute atomic E-state index is 13.5.